The zero-order chi connectivity index (χ0) is 9.80. The first-order valence-electron chi connectivity index (χ1n) is 5.17. The van der Waals surface area contributed by atoms with Gasteiger partial charge in [0.05, 0.1) is 0 Å². The molecule has 0 fully saturated rings. The Kier molecular flexibility index (Phi) is 2.87. The molecule has 0 amide bonds. The summed E-state index contributed by atoms with van der Waals surface area (Å²) in [6.45, 7) is 3.83. The quantitative estimate of drug-likeness (QED) is 0.660. The number of benzene rings is 1. The van der Waals surface area contributed by atoms with E-state index in [0.717, 1.165) is 24.2 Å². The van der Waals surface area contributed by atoms with Gasteiger partial charge in [-0.25, -0.2) is 0 Å². The number of para-hydroxylation sites is 1. The lowest BCUT2D eigenvalue weighted by molar-refractivity contribution is 0.533. The van der Waals surface area contributed by atoms with E-state index in [1.165, 1.54) is 18.2 Å². The van der Waals surface area contributed by atoms with Gasteiger partial charge in [0.1, 0.15) is 11.3 Å². The zero-order valence-electron chi connectivity index (χ0n) is 8.33. The maximum Gasteiger partial charge on any atom is 0.134 e. The maximum absolute atomic E-state index is 5.69. The first-order chi connectivity index (χ1) is 6.90. The van der Waals surface area contributed by atoms with Crippen LogP contribution in [0.3, 0.4) is 0 Å². The van der Waals surface area contributed by atoms with Crippen LogP contribution < -0.4 is 0 Å². The third kappa shape index (κ3) is 1.98. The van der Waals surface area contributed by atoms with Gasteiger partial charge < -0.3 is 4.42 Å². The van der Waals surface area contributed by atoms with Crippen LogP contribution in [0.5, 0.6) is 0 Å². The third-order valence-electron chi connectivity index (χ3n) is 2.40. The number of hydrogen-bond acceptors (Lipinski definition) is 1. The smallest absolute Gasteiger partial charge is 0.134 e. The van der Waals surface area contributed by atoms with Crippen molar-refractivity contribution in [3.63, 3.8) is 0 Å². The Morgan fingerprint density at radius 3 is 2.79 bits per heavy atom. The molecule has 2 aromatic rings. The second-order valence-corrected chi connectivity index (χ2v) is 3.56. The second kappa shape index (κ2) is 4.32. The predicted octanol–water partition coefficient (Wildman–Crippen LogP) is 3.98. The Labute approximate surface area is 84.7 Å². The van der Waals surface area contributed by atoms with Crippen molar-refractivity contribution in [2.45, 2.75) is 25.7 Å². The van der Waals surface area contributed by atoms with Crippen molar-refractivity contribution in [3.05, 3.63) is 43.0 Å². The van der Waals surface area contributed by atoms with E-state index in [1.807, 2.05) is 18.2 Å². The van der Waals surface area contributed by atoms with E-state index in [0.29, 0.717) is 0 Å². The summed E-state index contributed by atoms with van der Waals surface area (Å²) in [5, 5.41) is 1.21. The molecule has 0 bridgehead atoms. The highest BCUT2D eigenvalue weighted by atomic mass is 16.3. The minimum absolute atomic E-state index is 0.997. The molecular weight excluding hydrogens is 172 g/mol. The van der Waals surface area contributed by atoms with Crippen LogP contribution in [0, 0.1) is 6.92 Å². The van der Waals surface area contributed by atoms with Gasteiger partial charge in [-0.1, -0.05) is 38.0 Å². The zero-order valence-corrected chi connectivity index (χ0v) is 8.33. The fourth-order valence-electron chi connectivity index (χ4n) is 1.64. The molecule has 0 atom stereocenters. The monoisotopic (exact) mass is 187 g/mol. The molecule has 0 saturated carbocycles. The minimum Gasteiger partial charge on any atom is -0.461 e. The SMILES string of the molecule is [CH2]CCCCc1cc2ccccc2o1. The Morgan fingerprint density at radius 2 is 2.00 bits per heavy atom. The summed E-state index contributed by atoms with van der Waals surface area (Å²) in [5.74, 6) is 1.10. The van der Waals surface area contributed by atoms with Crippen molar-refractivity contribution >= 4 is 11.0 Å². The van der Waals surface area contributed by atoms with Crippen LogP contribution in [0.25, 0.3) is 11.0 Å². The van der Waals surface area contributed by atoms with Gasteiger partial charge in [-0.2, -0.15) is 0 Å². The van der Waals surface area contributed by atoms with E-state index in [-0.39, 0.29) is 0 Å². The highest BCUT2D eigenvalue weighted by Crippen LogP contribution is 2.20. The molecule has 2 rings (SSSR count). The number of hydrogen-bond donors (Lipinski definition) is 0. The molecule has 1 aromatic heterocycles. The van der Waals surface area contributed by atoms with Gasteiger partial charge >= 0.3 is 0 Å². The van der Waals surface area contributed by atoms with Crippen molar-refractivity contribution < 1.29 is 4.42 Å². The first-order valence-corrected chi connectivity index (χ1v) is 5.17. The van der Waals surface area contributed by atoms with Crippen molar-refractivity contribution in [2.75, 3.05) is 0 Å². The molecule has 73 valence electrons. The van der Waals surface area contributed by atoms with E-state index in [4.69, 9.17) is 4.42 Å². The molecule has 0 spiro atoms. The third-order valence-corrected chi connectivity index (χ3v) is 2.40. The number of furan rings is 1. The van der Waals surface area contributed by atoms with Gasteiger partial charge in [0.2, 0.25) is 0 Å². The summed E-state index contributed by atoms with van der Waals surface area (Å²) in [5.41, 5.74) is 0.997. The van der Waals surface area contributed by atoms with E-state index >= 15 is 0 Å². The molecule has 1 heteroatoms. The number of fused-ring (bicyclic) bond motifs is 1. The molecule has 0 aliphatic rings. The Morgan fingerprint density at radius 1 is 1.14 bits per heavy atom. The number of unbranched alkanes of at least 4 members (excludes halogenated alkanes) is 2. The molecule has 1 nitrogen and oxygen atoms in total. The predicted molar refractivity (Wildman–Crippen MR) is 59.1 cm³/mol. The number of aryl methyl sites for hydroxylation is 1. The molecule has 1 radical (unpaired) electrons. The molecule has 0 aliphatic heterocycles. The lowest BCUT2D eigenvalue weighted by Gasteiger charge is -1.93. The summed E-state index contributed by atoms with van der Waals surface area (Å²) in [4.78, 5) is 0. The summed E-state index contributed by atoms with van der Waals surface area (Å²) < 4.78 is 5.69. The summed E-state index contributed by atoms with van der Waals surface area (Å²) in [7, 11) is 0. The molecule has 0 aliphatic carbocycles. The van der Waals surface area contributed by atoms with Crippen LogP contribution in [0.15, 0.2) is 34.7 Å². The van der Waals surface area contributed by atoms with E-state index < -0.39 is 0 Å². The fourth-order valence-corrected chi connectivity index (χ4v) is 1.64. The van der Waals surface area contributed by atoms with Crippen LogP contribution in [0.1, 0.15) is 25.0 Å². The van der Waals surface area contributed by atoms with E-state index in [9.17, 15) is 0 Å². The topological polar surface area (TPSA) is 13.1 Å². The standard InChI is InChI=1S/C13H15O/c1-2-3-4-8-12-10-11-7-5-6-9-13(11)14-12/h5-7,9-10H,1-4,8H2. The molecule has 1 aromatic carbocycles. The largest absolute Gasteiger partial charge is 0.461 e. The summed E-state index contributed by atoms with van der Waals surface area (Å²) in [6, 6.07) is 10.3. The maximum atomic E-state index is 5.69. The van der Waals surface area contributed by atoms with Crippen molar-refractivity contribution in [1.29, 1.82) is 0 Å². The lowest BCUT2D eigenvalue weighted by Crippen LogP contribution is -1.80. The first kappa shape index (κ1) is 9.32. The second-order valence-electron chi connectivity index (χ2n) is 3.56. The Balaban J connectivity index is 2.11. The fraction of sp³-hybridized carbons (Fsp3) is 0.308. The van der Waals surface area contributed by atoms with Gasteiger partial charge in [-0.3, -0.25) is 0 Å². The summed E-state index contributed by atoms with van der Waals surface area (Å²) >= 11 is 0. The van der Waals surface area contributed by atoms with Crippen LogP contribution >= 0.6 is 0 Å². The molecular formula is C13H15O. The van der Waals surface area contributed by atoms with Crippen LogP contribution in [-0.2, 0) is 6.42 Å². The van der Waals surface area contributed by atoms with E-state index in [2.05, 4.69) is 19.1 Å². The lowest BCUT2D eigenvalue weighted by atomic mass is 10.1. The highest BCUT2D eigenvalue weighted by Gasteiger charge is 2.01. The van der Waals surface area contributed by atoms with Gasteiger partial charge in [-0.05, 0) is 18.6 Å². The summed E-state index contributed by atoms with van der Waals surface area (Å²) in [6.07, 6.45) is 4.39. The Hall–Kier alpha value is -1.24. The highest BCUT2D eigenvalue weighted by molar-refractivity contribution is 5.77. The molecule has 1 heterocycles. The van der Waals surface area contributed by atoms with Crippen LogP contribution in [-0.4, -0.2) is 0 Å². The molecule has 0 unspecified atom stereocenters. The van der Waals surface area contributed by atoms with Crippen LogP contribution in [0.4, 0.5) is 0 Å². The average molecular weight is 187 g/mol. The minimum atomic E-state index is 0.997. The molecule has 0 N–H and O–H groups in total. The van der Waals surface area contributed by atoms with Crippen molar-refractivity contribution in [3.8, 4) is 0 Å². The normalized spacial score (nSPS) is 10.9. The van der Waals surface area contributed by atoms with Gasteiger partial charge in [-0.15, -0.1) is 0 Å². The van der Waals surface area contributed by atoms with Crippen molar-refractivity contribution in [1.82, 2.24) is 0 Å². The number of rotatable bonds is 4. The Bertz CT molecular complexity index is 367. The average Bonchev–Trinajstić information content (AvgIpc) is 2.60. The van der Waals surface area contributed by atoms with Crippen LogP contribution in [0.2, 0.25) is 0 Å². The van der Waals surface area contributed by atoms with Gasteiger partial charge in [0.15, 0.2) is 0 Å². The van der Waals surface area contributed by atoms with Crippen molar-refractivity contribution in [2.24, 2.45) is 0 Å². The van der Waals surface area contributed by atoms with E-state index in [1.54, 1.807) is 0 Å². The molecule has 14 heavy (non-hydrogen) atoms. The molecule has 0 saturated heterocycles. The van der Waals surface area contributed by atoms with Gasteiger partial charge in [0.25, 0.3) is 0 Å². The van der Waals surface area contributed by atoms with Gasteiger partial charge in [0, 0.05) is 11.8 Å².